The monoisotopic (exact) mass is 266 g/mol. The minimum absolute atomic E-state index is 0.531. The van der Waals surface area contributed by atoms with Gasteiger partial charge in [-0.1, -0.05) is 18.2 Å². The Labute approximate surface area is 116 Å². The molecule has 0 radical (unpaired) electrons. The molecule has 3 rings (SSSR count). The number of nitrogens with two attached hydrogens (primary N) is 1. The summed E-state index contributed by atoms with van der Waals surface area (Å²) in [6.07, 6.45) is 1.72. The van der Waals surface area contributed by atoms with E-state index in [4.69, 9.17) is 15.2 Å². The molecule has 100 valence electrons. The Hall–Kier alpha value is -2.75. The first-order chi connectivity index (χ1) is 9.78. The molecule has 0 saturated heterocycles. The van der Waals surface area contributed by atoms with Crippen LogP contribution in [0.2, 0.25) is 0 Å². The Morgan fingerprint density at radius 2 is 1.90 bits per heavy atom. The number of fused-ring (bicyclic) bond motifs is 1. The molecule has 0 amide bonds. The molecule has 2 N–H and O–H groups in total. The second-order valence-electron chi connectivity index (χ2n) is 4.34. The van der Waals surface area contributed by atoms with Gasteiger partial charge in [0.25, 0.3) is 0 Å². The van der Waals surface area contributed by atoms with E-state index in [-0.39, 0.29) is 0 Å². The molecular formula is C16H14N2O2. The summed E-state index contributed by atoms with van der Waals surface area (Å²) in [5.74, 6) is 1.76. The Morgan fingerprint density at radius 3 is 2.75 bits per heavy atom. The van der Waals surface area contributed by atoms with Crippen LogP contribution in [0.4, 0.5) is 5.69 Å². The summed E-state index contributed by atoms with van der Waals surface area (Å²) in [5, 5.41) is 2.01. The van der Waals surface area contributed by atoms with E-state index >= 15 is 0 Å². The van der Waals surface area contributed by atoms with Crippen molar-refractivity contribution >= 4 is 16.5 Å². The third-order valence-electron chi connectivity index (χ3n) is 3.06. The van der Waals surface area contributed by atoms with Crippen LogP contribution in [0.15, 0.2) is 54.7 Å². The van der Waals surface area contributed by atoms with Crippen LogP contribution in [0.25, 0.3) is 10.8 Å². The van der Waals surface area contributed by atoms with E-state index in [9.17, 15) is 0 Å². The van der Waals surface area contributed by atoms with Crippen molar-refractivity contribution in [3.8, 4) is 17.4 Å². The SMILES string of the molecule is COc1ccc(N)c(Oc2nccc3ccccc23)c1. The minimum atomic E-state index is 0.531. The predicted molar refractivity (Wildman–Crippen MR) is 79.2 cm³/mol. The fraction of sp³-hybridized carbons (Fsp3) is 0.0625. The average Bonchev–Trinajstić information content (AvgIpc) is 2.50. The third kappa shape index (κ3) is 2.23. The highest BCUT2D eigenvalue weighted by Crippen LogP contribution is 2.33. The van der Waals surface area contributed by atoms with Gasteiger partial charge in [-0.25, -0.2) is 4.98 Å². The van der Waals surface area contributed by atoms with Gasteiger partial charge in [0.2, 0.25) is 5.88 Å². The lowest BCUT2D eigenvalue weighted by Gasteiger charge is -2.11. The Kier molecular flexibility index (Phi) is 3.13. The summed E-state index contributed by atoms with van der Waals surface area (Å²) in [6.45, 7) is 0. The Morgan fingerprint density at radius 1 is 1.05 bits per heavy atom. The van der Waals surface area contributed by atoms with Gasteiger partial charge in [0, 0.05) is 17.6 Å². The first kappa shape index (κ1) is 12.3. The number of hydrogen-bond donors (Lipinski definition) is 1. The quantitative estimate of drug-likeness (QED) is 0.736. The molecule has 0 spiro atoms. The van der Waals surface area contributed by atoms with Gasteiger partial charge >= 0.3 is 0 Å². The zero-order valence-electron chi connectivity index (χ0n) is 11.0. The van der Waals surface area contributed by atoms with Crippen molar-refractivity contribution in [1.29, 1.82) is 0 Å². The molecule has 1 aromatic heterocycles. The van der Waals surface area contributed by atoms with Crippen LogP contribution in [0.3, 0.4) is 0 Å². The number of hydrogen-bond acceptors (Lipinski definition) is 4. The predicted octanol–water partition coefficient (Wildman–Crippen LogP) is 3.62. The average molecular weight is 266 g/mol. The van der Waals surface area contributed by atoms with Crippen molar-refractivity contribution in [2.45, 2.75) is 0 Å². The molecule has 0 bridgehead atoms. The summed E-state index contributed by atoms with van der Waals surface area (Å²) >= 11 is 0. The molecule has 0 aliphatic carbocycles. The lowest BCUT2D eigenvalue weighted by atomic mass is 10.2. The van der Waals surface area contributed by atoms with Crippen molar-refractivity contribution in [3.63, 3.8) is 0 Å². The molecule has 0 saturated carbocycles. The van der Waals surface area contributed by atoms with E-state index in [2.05, 4.69) is 4.98 Å². The standard InChI is InChI=1S/C16H14N2O2/c1-19-12-6-7-14(17)15(10-12)20-16-13-5-3-2-4-11(13)8-9-18-16/h2-10H,17H2,1H3. The van der Waals surface area contributed by atoms with Crippen molar-refractivity contribution in [3.05, 3.63) is 54.7 Å². The van der Waals surface area contributed by atoms with Crippen LogP contribution in [-0.2, 0) is 0 Å². The van der Waals surface area contributed by atoms with E-state index in [1.807, 2.05) is 30.3 Å². The first-order valence-electron chi connectivity index (χ1n) is 6.23. The molecule has 4 heteroatoms. The topological polar surface area (TPSA) is 57.4 Å². The summed E-state index contributed by atoms with van der Waals surface area (Å²) in [6, 6.07) is 15.1. The summed E-state index contributed by atoms with van der Waals surface area (Å²) in [7, 11) is 1.60. The van der Waals surface area contributed by atoms with Crippen LogP contribution in [0, 0.1) is 0 Å². The van der Waals surface area contributed by atoms with Gasteiger partial charge in [0.15, 0.2) is 5.75 Å². The molecule has 0 aliphatic rings. The van der Waals surface area contributed by atoms with E-state index in [0.717, 1.165) is 10.8 Å². The summed E-state index contributed by atoms with van der Waals surface area (Å²) < 4.78 is 11.0. The number of anilines is 1. The Balaban J connectivity index is 2.05. The third-order valence-corrected chi connectivity index (χ3v) is 3.06. The highest BCUT2D eigenvalue weighted by atomic mass is 16.5. The van der Waals surface area contributed by atoms with E-state index in [0.29, 0.717) is 23.1 Å². The second-order valence-corrected chi connectivity index (χ2v) is 4.34. The van der Waals surface area contributed by atoms with Crippen molar-refractivity contribution in [2.24, 2.45) is 0 Å². The van der Waals surface area contributed by atoms with Crippen molar-refractivity contribution in [2.75, 3.05) is 12.8 Å². The molecule has 0 aliphatic heterocycles. The number of ether oxygens (including phenoxy) is 2. The second kappa shape index (κ2) is 5.09. The molecule has 3 aromatic rings. The number of benzene rings is 2. The number of nitrogen functional groups attached to an aromatic ring is 1. The molecule has 20 heavy (non-hydrogen) atoms. The van der Waals surface area contributed by atoms with Crippen LogP contribution < -0.4 is 15.2 Å². The van der Waals surface area contributed by atoms with E-state index in [1.54, 1.807) is 31.5 Å². The van der Waals surface area contributed by atoms with E-state index in [1.165, 1.54) is 0 Å². The highest BCUT2D eigenvalue weighted by Gasteiger charge is 2.08. The highest BCUT2D eigenvalue weighted by molar-refractivity contribution is 5.86. The number of rotatable bonds is 3. The number of methoxy groups -OCH3 is 1. The van der Waals surface area contributed by atoms with Gasteiger partial charge < -0.3 is 15.2 Å². The van der Waals surface area contributed by atoms with Gasteiger partial charge in [-0.05, 0) is 29.7 Å². The molecule has 4 nitrogen and oxygen atoms in total. The molecule has 0 fully saturated rings. The zero-order valence-corrected chi connectivity index (χ0v) is 11.0. The number of aromatic nitrogens is 1. The van der Waals surface area contributed by atoms with Gasteiger partial charge in [0.1, 0.15) is 5.75 Å². The molecule has 0 atom stereocenters. The number of pyridine rings is 1. The smallest absolute Gasteiger partial charge is 0.227 e. The van der Waals surface area contributed by atoms with Crippen LogP contribution >= 0.6 is 0 Å². The maximum atomic E-state index is 5.93. The molecular weight excluding hydrogens is 252 g/mol. The van der Waals surface area contributed by atoms with Gasteiger partial charge in [-0.2, -0.15) is 0 Å². The zero-order chi connectivity index (χ0) is 13.9. The maximum Gasteiger partial charge on any atom is 0.227 e. The lowest BCUT2D eigenvalue weighted by Crippen LogP contribution is -1.95. The molecule has 2 aromatic carbocycles. The largest absolute Gasteiger partial charge is 0.497 e. The maximum absolute atomic E-state index is 5.93. The van der Waals surface area contributed by atoms with Gasteiger partial charge in [0.05, 0.1) is 12.8 Å². The normalized spacial score (nSPS) is 10.4. The van der Waals surface area contributed by atoms with Gasteiger partial charge in [-0.3, -0.25) is 0 Å². The number of nitrogens with zero attached hydrogens (tertiary/aromatic N) is 1. The molecule has 0 unspecified atom stereocenters. The van der Waals surface area contributed by atoms with Gasteiger partial charge in [-0.15, -0.1) is 0 Å². The molecule has 1 heterocycles. The van der Waals surface area contributed by atoms with Crippen LogP contribution in [0.5, 0.6) is 17.4 Å². The Bertz CT molecular complexity index is 751. The van der Waals surface area contributed by atoms with Crippen LogP contribution in [-0.4, -0.2) is 12.1 Å². The summed E-state index contributed by atoms with van der Waals surface area (Å²) in [5.41, 5.74) is 6.47. The summed E-state index contributed by atoms with van der Waals surface area (Å²) in [4.78, 5) is 4.28. The van der Waals surface area contributed by atoms with E-state index < -0.39 is 0 Å². The minimum Gasteiger partial charge on any atom is -0.497 e. The fourth-order valence-corrected chi connectivity index (χ4v) is 2.01. The van der Waals surface area contributed by atoms with Crippen molar-refractivity contribution < 1.29 is 9.47 Å². The first-order valence-corrected chi connectivity index (χ1v) is 6.23. The lowest BCUT2D eigenvalue weighted by molar-refractivity contribution is 0.408. The van der Waals surface area contributed by atoms with Crippen LogP contribution in [0.1, 0.15) is 0 Å². The fourth-order valence-electron chi connectivity index (χ4n) is 2.01. The van der Waals surface area contributed by atoms with Crippen molar-refractivity contribution in [1.82, 2.24) is 4.98 Å².